The van der Waals surface area contributed by atoms with Crippen molar-refractivity contribution in [3.63, 3.8) is 0 Å². The Kier molecular flexibility index (Phi) is 4.40. The second kappa shape index (κ2) is 5.85. The van der Waals surface area contributed by atoms with Gasteiger partial charge in [-0.05, 0) is 18.1 Å². The number of ether oxygens (including phenoxy) is 2. The summed E-state index contributed by atoms with van der Waals surface area (Å²) in [6.45, 7) is 4.88. The van der Waals surface area contributed by atoms with Crippen molar-refractivity contribution < 1.29 is 14.3 Å². The lowest BCUT2D eigenvalue weighted by Crippen LogP contribution is -2.44. The number of carbonyl (C=O) groups excluding carboxylic acids is 1. The molecule has 0 amide bonds. The molecule has 2 rings (SSSR count). The van der Waals surface area contributed by atoms with Crippen LogP contribution in [0.4, 0.5) is 0 Å². The molecule has 1 heterocycles. The second-order valence-electron chi connectivity index (χ2n) is 4.76. The number of halogens is 1. The average Bonchev–Trinajstić information content (AvgIpc) is 2.40. The number of esters is 1. The number of benzene rings is 1. The Balaban J connectivity index is 2.06. The maximum Gasteiger partial charge on any atom is 0.338 e. The first kappa shape index (κ1) is 13.6. The summed E-state index contributed by atoms with van der Waals surface area (Å²) in [5, 5.41) is -0.226. The van der Waals surface area contributed by atoms with Gasteiger partial charge in [0.15, 0.2) is 0 Å². The van der Waals surface area contributed by atoms with Gasteiger partial charge in [0.2, 0.25) is 0 Å². The number of alkyl halides is 1. The van der Waals surface area contributed by atoms with Gasteiger partial charge in [0.1, 0.15) is 11.1 Å². The summed E-state index contributed by atoms with van der Waals surface area (Å²) >= 11 is 3.42. The third-order valence-electron chi connectivity index (χ3n) is 3.45. The lowest BCUT2D eigenvalue weighted by atomic mass is 9.89. The standard InChI is InChI=1S/C14H17BrO3/c1-9-8-17-13(15)12(10(9)2)18-14(16)11-6-4-3-5-7-11/h3-7,9-10,12-13H,8H2,1-2H3/t9-,10-,12?,13+/m0/s1. The van der Waals surface area contributed by atoms with Crippen molar-refractivity contribution in [2.24, 2.45) is 11.8 Å². The normalized spacial score (nSPS) is 31.9. The Morgan fingerprint density at radius 3 is 2.67 bits per heavy atom. The Morgan fingerprint density at radius 1 is 1.33 bits per heavy atom. The van der Waals surface area contributed by atoms with E-state index in [1.165, 1.54) is 0 Å². The summed E-state index contributed by atoms with van der Waals surface area (Å²) in [6.07, 6.45) is -0.249. The van der Waals surface area contributed by atoms with Gasteiger partial charge in [-0.3, -0.25) is 0 Å². The van der Waals surface area contributed by atoms with E-state index in [0.717, 1.165) is 0 Å². The van der Waals surface area contributed by atoms with E-state index in [4.69, 9.17) is 9.47 Å². The third kappa shape index (κ3) is 2.93. The topological polar surface area (TPSA) is 35.5 Å². The number of carbonyl (C=O) groups is 1. The number of rotatable bonds is 2. The summed E-state index contributed by atoms with van der Waals surface area (Å²) in [4.78, 5) is 12.0. The maximum absolute atomic E-state index is 12.0. The molecule has 0 spiro atoms. The van der Waals surface area contributed by atoms with Gasteiger partial charge >= 0.3 is 5.97 Å². The van der Waals surface area contributed by atoms with E-state index in [9.17, 15) is 4.79 Å². The predicted octanol–water partition coefficient (Wildman–Crippen LogP) is 3.24. The van der Waals surface area contributed by atoms with Crippen molar-refractivity contribution in [3.8, 4) is 0 Å². The summed E-state index contributed by atoms with van der Waals surface area (Å²) in [5.41, 5.74) is 0.572. The first-order chi connectivity index (χ1) is 8.59. The molecule has 0 aromatic heterocycles. The van der Waals surface area contributed by atoms with Gasteiger partial charge in [0.05, 0.1) is 12.2 Å². The van der Waals surface area contributed by atoms with E-state index < -0.39 is 0 Å². The monoisotopic (exact) mass is 312 g/mol. The minimum absolute atomic E-state index is 0.226. The van der Waals surface area contributed by atoms with E-state index in [1.54, 1.807) is 12.1 Å². The second-order valence-corrected chi connectivity index (χ2v) is 5.66. The lowest BCUT2D eigenvalue weighted by Gasteiger charge is -2.37. The molecular weight excluding hydrogens is 296 g/mol. The zero-order valence-corrected chi connectivity index (χ0v) is 12.1. The maximum atomic E-state index is 12.0. The van der Waals surface area contributed by atoms with E-state index >= 15 is 0 Å². The molecule has 3 nitrogen and oxygen atoms in total. The number of hydrogen-bond acceptors (Lipinski definition) is 3. The van der Waals surface area contributed by atoms with Crippen LogP contribution in [0, 0.1) is 11.8 Å². The fourth-order valence-corrected chi connectivity index (χ4v) is 2.72. The van der Waals surface area contributed by atoms with Crippen molar-refractivity contribution in [2.75, 3.05) is 6.61 Å². The summed E-state index contributed by atoms with van der Waals surface area (Å²) in [6, 6.07) is 9.03. The van der Waals surface area contributed by atoms with Crippen LogP contribution < -0.4 is 0 Å². The van der Waals surface area contributed by atoms with Crippen LogP contribution in [0.2, 0.25) is 0 Å². The molecule has 1 saturated heterocycles. The van der Waals surface area contributed by atoms with Crippen LogP contribution in [0.3, 0.4) is 0 Å². The van der Waals surface area contributed by atoms with Gasteiger partial charge < -0.3 is 9.47 Å². The molecule has 0 saturated carbocycles. The highest BCUT2D eigenvalue weighted by atomic mass is 79.9. The molecule has 18 heavy (non-hydrogen) atoms. The van der Waals surface area contributed by atoms with Crippen molar-refractivity contribution in [1.29, 1.82) is 0 Å². The fourth-order valence-electron chi connectivity index (χ4n) is 1.98. The molecule has 0 aliphatic carbocycles. The molecule has 1 aliphatic heterocycles. The minimum Gasteiger partial charge on any atom is -0.455 e. The highest BCUT2D eigenvalue weighted by molar-refractivity contribution is 9.09. The molecule has 1 aliphatic rings. The minimum atomic E-state index is -0.297. The van der Waals surface area contributed by atoms with Crippen LogP contribution in [0.15, 0.2) is 30.3 Å². The van der Waals surface area contributed by atoms with Gasteiger partial charge in [0.25, 0.3) is 0 Å². The van der Waals surface area contributed by atoms with Crippen LogP contribution in [0.1, 0.15) is 24.2 Å². The molecule has 1 fully saturated rings. The molecule has 1 unspecified atom stereocenters. The summed E-state index contributed by atoms with van der Waals surface area (Å²) < 4.78 is 11.1. The van der Waals surface area contributed by atoms with E-state index in [0.29, 0.717) is 18.1 Å². The van der Waals surface area contributed by atoms with Crippen LogP contribution in [-0.2, 0) is 9.47 Å². The highest BCUT2D eigenvalue weighted by Crippen LogP contribution is 2.31. The van der Waals surface area contributed by atoms with Crippen molar-refractivity contribution in [1.82, 2.24) is 0 Å². The van der Waals surface area contributed by atoms with E-state index in [-0.39, 0.29) is 23.0 Å². The summed E-state index contributed by atoms with van der Waals surface area (Å²) in [5.74, 6) is 0.359. The molecule has 0 N–H and O–H groups in total. The van der Waals surface area contributed by atoms with E-state index in [1.807, 2.05) is 18.2 Å². The molecule has 4 atom stereocenters. The molecule has 98 valence electrons. The van der Waals surface area contributed by atoms with Gasteiger partial charge in [-0.2, -0.15) is 0 Å². The Hall–Kier alpha value is -0.870. The van der Waals surface area contributed by atoms with Crippen LogP contribution >= 0.6 is 15.9 Å². The zero-order chi connectivity index (χ0) is 13.1. The zero-order valence-electron chi connectivity index (χ0n) is 10.5. The van der Waals surface area contributed by atoms with Crippen molar-refractivity contribution in [2.45, 2.75) is 25.0 Å². The van der Waals surface area contributed by atoms with Crippen LogP contribution in [0.5, 0.6) is 0 Å². The fraction of sp³-hybridized carbons (Fsp3) is 0.500. The first-order valence-electron chi connectivity index (χ1n) is 6.11. The average molecular weight is 313 g/mol. The molecule has 0 bridgehead atoms. The lowest BCUT2D eigenvalue weighted by molar-refractivity contribution is -0.0917. The molecular formula is C14H17BrO3. The third-order valence-corrected chi connectivity index (χ3v) is 4.23. The van der Waals surface area contributed by atoms with Crippen molar-refractivity contribution >= 4 is 21.9 Å². The Labute approximate surface area is 116 Å². The molecule has 0 radical (unpaired) electrons. The summed E-state index contributed by atoms with van der Waals surface area (Å²) in [7, 11) is 0. The first-order valence-corrected chi connectivity index (χ1v) is 7.03. The predicted molar refractivity (Wildman–Crippen MR) is 72.6 cm³/mol. The molecule has 1 aromatic rings. The Bertz CT molecular complexity index is 407. The van der Waals surface area contributed by atoms with Crippen LogP contribution in [0.25, 0.3) is 0 Å². The van der Waals surface area contributed by atoms with Gasteiger partial charge in [-0.1, -0.05) is 48.0 Å². The van der Waals surface area contributed by atoms with E-state index in [2.05, 4.69) is 29.8 Å². The quantitative estimate of drug-likeness (QED) is 0.621. The number of hydrogen-bond donors (Lipinski definition) is 0. The van der Waals surface area contributed by atoms with Gasteiger partial charge in [-0.25, -0.2) is 4.79 Å². The van der Waals surface area contributed by atoms with Crippen LogP contribution in [-0.4, -0.2) is 23.7 Å². The highest BCUT2D eigenvalue weighted by Gasteiger charge is 2.37. The van der Waals surface area contributed by atoms with Gasteiger partial charge in [0, 0.05) is 5.92 Å². The molecule has 1 aromatic carbocycles. The SMILES string of the molecule is C[C@@H]1C(OC(=O)c2ccccc2)[C@H](Br)OC[C@@H]1C. The Morgan fingerprint density at radius 2 is 2.00 bits per heavy atom. The molecule has 4 heteroatoms. The largest absolute Gasteiger partial charge is 0.455 e. The van der Waals surface area contributed by atoms with Gasteiger partial charge in [-0.15, -0.1) is 0 Å². The smallest absolute Gasteiger partial charge is 0.338 e. The van der Waals surface area contributed by atoms with Crippen molar-refractivity contribution in [3.05, 3.63) is 35.9 Å².